The molecule has 1 aliphatic rings. The number of rotatable bonds is 1. The molecule has 1 aromatic carbocycles. The SMILES string of the molecule is CC1NC(c2ccccc2)C(=O)OC1C.Cl. The fraction of sp³-hybridized carbons (Fsp3) is 0.417. The standard InChI is InChI=1S/C12H15NO2.ClH/c1-8-9(2)15-12(14)11(13-8)10-6-4-3-5-7-10;/h3-9,11,13H,1-2H3;1H. The number of hydrogen-bond donors (Lipinski definition) is 1. The van der Waals surface area contributed by atoms with E-state index in [0.717, 1.165) is 5.56 Å². The first kappa shape index (κ1) is 13.0. The molecule has 1 aromatic rings. The molecule has 88 valence electrons. The highest BCUT2D eigenvalue weighted by atomic mass is 35.5. The summed E-state index contributed by atoms with van der Waals surface area (Å²) >= 11 is 0. The predicted molar refractivity (Wildman–Crippen MR) is 64.6 cm³/mol. The van der Waals surface area contributed by atoms with Crippen molar-refractivity contribution >= 4 is 18.4 Å². The summed E-state index contributed by atoms with van der Waals surface area (Å²) < 4.78 is 5.26. The third kappa shape index (κ3) is 2.54. The lowest BCUT2D eigenvalue weighted by molar-refractivity contribution is -0.158. The van der Waals surface area contributed by atoms with Crippen molar-refractivity contribution in [3.8, 4) is 0 Å². The molecule has 3 atom stereocenters. The van der Waals surface area contributed by atoms with Gasteiger partial charge in [0.05, 0.1) is 0 Å². The van der Waals surface area contributed by atoms with Gasteiger partial charge in [-0.2, -0.15) is 0 Å². The number of benzene rings is 1. The summed E-state index contributed by atoms with van der Waals surface area (Å²) in [7, 11) is 0. The van der Waals surface area contributed by atoms with Crippen molar-refractivity contribution in [1.82, 2.24) is 5.32 Å². The third-order valence-electron chi connectivity index (χ3n) is 2.80. The number of carbonyl (C=O) groups excluding carboxylic acids is 1. The molecule has 1 saturated heterocycles. The van der Waals surface area contributed by atoms with Gasteiger partial charge < -0.3 is 4.74 Å². The van der Waals surface area contributed by atoms with E-state index in [9.17, 15) is 4.79 Å². The fourth-order valence-corrected chi connectivity index (χ4v) is 1.70. The monoisotopic (exact) mass is 241 g/mol. The molecule has 4 heteroatoms. The predicted octanol–water partition coefficient (Wildman–Crippen LogP) is 2.07. The summed E-state index contributed by atoms with van der Waals surface area (Å²) in [5.74, 6) is -0.188. The van der Waals surface area contributed by atoms with E-state index in [1.807, 2.05) is 44.2 Å². The number of esters is 1. The molecule has 0 bridgehead atoms. The van der Waals surface area contributed by atoms with Crippen molar-refractivity contribution in [1.29, 1.82) is 0 Å². The first-order chi connectivity index (χ1) is 7.18. The summed E-state index contributed by atoms with van der Waals surface area (Å²) in [6, 6.07) is 9.51. The molecule has 1 fully saturated rings. The van der Waals surface area contributed by atoms with E-state index in [1.165, 1.54) is 0 Å². The lowest BCUT2D eigenvalue weighted by atomic mass is 10.0. The Bertz CT molecular complexity index is 355. The molecule has 0 spiro atoms. The third-order valence-corrected chi connectivity index (χ3v) is 2.80. The molecule has 0 aromatic heterocycles. The molecule has 0 amide bonds. The minimum absolute atomic E-state index is 0. The van der Waals surface area contributed by atoms with Crippen LogP contribution < -0.4 is 5.32 Å². The molecule has 1 N–H and O–H groups in total. The van der Waals surface area contributed by atoms with Gasteiger partial charge in [-0.1, -0.05) is 30.3 Å². The first-order valence-corrected chi connectivity index (χ1v) is 5.20. The zero-order valence-electron chi connectivity index (χ0n) is 9.34. The maximum atomic E-state index is 11.7. The topological polar surface area (TPSA) is 38.3 Å². The number of nitrogens with one attached hydrogen (secondary N) is 1. The molecule has 1 aliphatic heterocycles. The zero-order chi connectivity index (χ0) is 10.8. The van der Waals surface area contributed by atoms with Gasteiger partial charge in [0, 0.05) is 6.04 Å². The fourth-order valence-electron chi connectivity index (χ4n) is 1.70. The molecule has 0 aliphatic carbocycles. The van der Waals surface area contributed by atoms with Crippen LogP contribution in [0.4, 0.5) is 0 Å². The van der Waals surface area contributed by atoms with Crippen LogP contribution in [0.2, 0.25) is 0 Å². The van der Waals surface area contributed by atoms with E-state index >= 15 is 0 Å². The average Bonchev–Trinajstić information content (AvgIpc) is 2.25. The van der Waals surface area contributed by atoms with Crippen LogP contribution in [0.3, 0.4) is 0 Å². The van der Waals surface area contributed by atoms with Crippen molar-refractivity contribution in [2.24, 2.45) is 0 Å². The summed E-state index contributed by atoms with van der Waals surface area (Å²) in [4.78, 5) is 11.7. The van der Waals surface area contributed by atoms with E-state index in [2.05, 4.69) is 5.32 Å². The second-order valence-electron chi connectivity index (χ2n) is 3.94. The van der Waals surface area contributed by atoms with E-state index in [-0.39, 0.29) is 36.6 Å². The van der Waals surface area contributed by atoms with Gasteiger partial charge in [-0.05, 0) is 19.4 Å². The molecule has 0 saturated carbocycles. The Hall–Kier alpha value is -1.06. The summed E-state index contributed by atoms with van der Waals surface area (Å²) in [6.45, 7) is 3.92. The van der Waals surface area contributed by atoms with Crippen molar-refractivity contribution in [3.63, 3.8) is 0 Å². The highest BCUT2D eigenvalue weighted by molar-refractivity contribution is 5.85. The van der Waals surface area contributed by atoms with Crippen LogP contribution in [0.15, 0.2) is 30.3 Å². The Labute approximate surface area is 102 Å². The Morgan fingerprint density at radius 2 is 1.81 bits per heavy atom. The summed E-state index contributed by atoms with van der Waals surface area (Å²) in [5, 5.41) is 3.26. The molecule has 3 nitrogen and oxygen atoms in total. The van der Waals surface area contributed by atoms with E-state index in [1.54, 1.807) is 0 Å². The molecule has 1 heterocycles. The Morgan fingerprint density at radius 1 is 1.19 bits per heavy atom. The maximum Gasteiger partial charge on any atom is 0.328 e. The molecule has 0 radical (unpaired) electrons. The van der Waals surface area contributed by atoms with Crippen molar-refractivity contribution in [3.05, 3.63) is 35.9 Å². The van der Waals surface area contributed by atoms with E-state index in [0.29, 0.717) is 0 Å². The molecular formula is C12H16ClNO2. The van der Waals surface area contributed by atoms with E-state index in [4.69, 9.17) is 4.74 Å². The van der Waals surface area contributed by atoms with Gasteiger partial charge in [-0.3, -0.25) is 5.32 Å². The van der Waals surface area contributed by atoms with Crippen LogP contribution >= 0.6 is 12.4 Å². The van der Waals surface area contributed by atoms with Crippen molar-refractivity contribution in [2.75, 3.05) is 0 Å². The van der Waals surface area contributed by atoms with Crippen LogP contribution in [0.25, 0.3) is 0 Å². The zero-order valence-corrected chi connectivity index (χ0v) is 10.2. The van der Waals surface area contributed by atoms with Gasteiger partial charge in [-0.15, -0.1) is 12.4 Å². The Balaban J connectivity index is 0.00000128. The molecule has 3 unspecified atom stereocenters. The molecule has 2 rings (SSSR count). The Morgan fingerprint density at radius 3 is 2.44 bits per heavy atom. The van der Waals surface area contributed by atoms with Crippen LogP contribution in [0.5, 0.6) is 0 Å². The summed E-state index contributed by atoms with van der Waals surface area (Å²) in [5.41, 5.74) is 0.959. The first-order valence-electron chi connectivity index (χ1n) is 5.20. The maximum absolute atomic E-state index is 11.7. The number of cyclic esters (lactones) is 1. The highest BCUT2D eigenvalue weighted by Gasteiger charge is 2.32. The number of halogens is 1. The Kier molecular flexibility index (Phi) is 4.33. The second kappa shape index (κ2) is 5.32. The number of carbonyl (C=O) groups is 1. The minimum atomic E-state index is -0.322. The van der Waals surface area contributed by atoms with Crippen LogP contribution in [0.1, 0.15) is 25.5 Å². The van der Waals surface area contributed by atoms with Gasteiger partial charge in [0.25, 0.3) is 0 Å². The van der Waals surface area contributed by atoms with Gasteiger partial charge in [0.15, 0.2) is 0 Å². The average molecular weight is 242 g/mol. The van der Waals surface area contributed by atoms with Gasteiger partial charge in [0.2, 0.25) is 0 Å². The van der Waals surface area contributed by atoms with Gasteiger partial charge in [0.1, 0.15) is 12.1 Å². The lowest BCUT2D eigenvalue weighted by Gasteiger charge is -2.32. The number of morpholine rings is 1. The van der Waals surface area contributed by atoms with Crippen LogP contribution in [-0.2, 0) is 9.53 Å². The molecular weight excluding hydrogens is 226 g/mol. The minimum Gasteiger partial charge on any atom is -0.460 e. The van der Waals surface area contributed by atoms with Crippen LogP contribution in [-0.4, -0.2) is 18.1 Å². The van der Waals surface area contributed by atoms with Crippen molar-refractivity contribution < 1.29 is 9.53 Å². The van der Waals surface area contributed by atoms with Gasteiger partial charge >= 0.3 is 5.97 Å². The quantitative estimate of drug-likeness (QED) is 0.765. The smallest absolute Gasteiger partial charge is 0.328 e. The molecule has 16 heavy (non-hydrogen) atoms. The number of hydrogen-bond acceptors (Lipinski definition) is 3. The largest absolute Gasteiger partial charge is 0.460 e. The number of ether oxygens (including phenoxy) is 1. The van der Waals surface area contributed by atoms with E-state index < -0.39 is 0 Å². The normalized spacial score (nSPS) is 29.1. The lowest BCUT2D eigenvalue weighted by Crippen LogP contribution is -2.49. The van der Waals surface area contributed by atoms with Crippen molar-refractivity contribution in [2.45, 2.75) is 32.0 Å². The highest BCUT2D eigenvalue weighted by Crippen LogP contribution is 2.21. The second-order valence-corrected chi connectivity index (χ2v) is 3.94. The summed E-state index contributed by atoms with van der Waals surface area (Å²) in [6.07, 6.45) is -0.0579. The van der Waals surface area contributed by atoms with Crippen LogP contribution in [0, 0.1) is 0 Å². The van der Waals surface area contributed by atoms with Gasteiger partial charge in [-0.25, -0.2) is 4.79 Å².